The molecule has 4 rings (SSSR count). The van der Waals surface area contributed by atoms with Crippen molar-refractivity contribution in [3.63, 3.8) is 0 Å². The zero-order valence-corrected chi connectivity index (χ0v) is 14.6. The Morgan fingerprint density at radius 2 is 1.92 bits per heavy atom. The van der Waals surface area contributed by atoms with Crippen molar-refractivity contribution in [2.45, 2.75) is 18.8 Å². The van der Waals surface area contributed by atoms with E-state index in [1.807, 2.05) is 6.07 Å². The molecule has 0 bridgehead atoms. The summed E-state index contributed by atoms with van der Waals surface area (Å²) < 4.78 is 41.6. The Morgan fingerprint density at radius 3 is 2.58 bits per heavy atom. The van der Waals surface area contributed by atoms with E-state index in [-0.39, 0.29) is 5.39 Å². The first-order valence-electron chi connectivity index (χ1n) is 8.36. The van der Waals surface area contributed by atoms with Gasteiger partial charge in [0.2, 0.25) is 0 Å². The van der Waals surface area contributed by atoms with Crippen LogP contribution in [0.2, 0.25) is 0 Å². The van der Waals surface area contributed by atoms with E-state index in [9.17, 15) is 18.3 Å². The summed E-state index contributed by atoms with van der Waals surface area (Å²) in [5.74, 6) is -1.84. The lowest BCUT2D eigenvalue weighted by atomic mass is 9.89. The average molecular weight is 379 g/mol. The zero-order valence-electron chi connectivity index (χ0n) is 13.8. The van der Waals surface area contributed by atoms with Crippen molar-refractivity contribution in [1.29, 1.82) is 0 Å². The van der Waals surface area contributed by atoms with Gasteiger partial charge in [-0.05, 0) is 54.9 Å². The monoisotopic (exact) mass is 379 g/mol. The van der Waals surface area contributed by atoms with Gasteiger partial charge in [0.25, 0.3) is 5.91 Å². The smallest absolute Gasteiger partial charge is 0.326 e. The molecule has 2 fully saturated rings. The van der Waals surface area contributed by atoms with Crippen LogP contribution in [0.4, 0.5) is 10.1 Å². The number of benzene rings is 2. The molecule has 138 valence electrons. The zero-order chi connectivity index (χ0) is 18.5. The number of nitrogens with one attached hydrogen (secondary N) is 2. The SMILES string of the molecule is O=C1CN(c2c(O)cc3ccc(C4CCNCC4)cc3c2F)S(=O)(=O)N1. The highest BCUT2D eigenvalue weighted by atomic mass is 32.2. The van der Waals surface area contributed by atoms with E-state index in [1.54, 1.807) is 16.9 Å². The summed E-state index contributed by atoms with van der Waals surface area (Å²) in [5, 5.41) is 14.2. The molecule has 26 heavy (non-hydrogen) atoms. The van der Waals surface area contributed by atoms with E-state index in [1.165, 1.54) is 6.07 Å². The Hall–Kier alpha value is -2.39. The van der Waals surface area contributed by atoms with E-state index in [2.05, 4.69) is 5.32 Å². The lowest BCUT2D eigenvalue weighted by Gasteiger charge is -2.24. The molecule has 9 heteroatoms. The Morgan fingerprint density at radius 1 is 1.19 bits per heavy atom. The summed E-state index contributed by atoms with van der Waals surface area (Å²) in [4.78, 5) is 11.4. The van der Waals surface area contributed by atoms with Crippen molar-refractivity contribution in [3.8, 4) is 5.75 Å². The van der Waals surface area contributed by atoms with Gasteiger partial charge in [-0.25, -0.2) is 13.4 Å². The quantitative estimate of drug-likeness (QED) is 0.731. The number of phenolic OH excluding ortho intramolecular Hbond substituents is 1. The predicted octanol–water partition coefficient (Wildman–Crippen LogP) is 1.33. The number of hydrogen-bond donors (Lipinski definition) is 3. The van der Waals surface area contributed by atoms with Crippen LogP contribution < -0.4 is 14.3 Å². The highest BCUT2D eigenvalue weighted by Gasteiger charge is 2.37. The third-order valence-electron chi connectivity index (χ3n) is 4.94. The largest absolute Gasteiger partial charge is 0.506 e. The fraction of sp³-hybridized carbons (Fsp3) is 0.353. The number of rotatable bonds is 2. The fourth-order valence-corrected chi connectivity index (χ4v) is 4.80. The highest BCUT2D eigenvalue weighted by Crippen LogP contribution is 2.39. The van der Waals surface area contributed by atoms with Crippen molar-refractivity contribution >= 4 is 32.6 Å². The van der Waals surface area contributed by atoms with Crippen molar-refractivity contribution in [1.82, 2.24) is 10.0 Å². The number of fused-ring (bicyclic) bond motifs is 1. The maximum atomic E-state index is 15.2. The number of halogens is 1. The van der Waals surface area contributed by atoms with E-state index in [4.69, 9.17) is 0 Å². The van der Waals surface area contributed by atoms with E-state index in [0.717, 1.165) is 31.5 Å². The van der Waals surface area contributed by atoms with Crippen LogP contribution in [0.15, 0.2) is 24.3 Å². The number of carbonyl (C=O) groups excluding carboxylic acids is 1. The van der Waals surface area contributed by atoms with Gasteiger partial charge in [-0.3, -0.25) is 4.79 Å². The van der Waals surface area contributed by atoms with Crippen LogP contribution in [0, 0.1) is 5.82 Å². The van der Waals surface area contributed by atoms with Crippen LogP contribution in [0.1, 0.15) is 24.3 Å². The van der Waals surface area contributed by atoms with E-state index >= 15 is 4.39 Å². The van der Waals surface area contributed by atoms with Crippen molar-refractivity contribution in [3.05, 3.63) is 35.6 Å². The average Bonchev–Trinajstić information content (AvgIpc) is 2.88. The van der Waals surface area contributed by atoms with Crippen LogP contribution in [-0.4, -0.2) is 39.1 Å². The second kappa shape index (κ2) is 6.10. The molecule has 0 atom stereocenters. The molecular formula is C17H18FN3O4S. The third kappa shape index (κ3) is 2.77. The summed E-state index contributed by atoms with van der Waals surface area (Å²) in [6.07, 6.45) is 1.88. The molecule has 0 aromatic heterocycles. The van der Waals surface area contributed by atoms with Gasteiger partial charge in [0.05, 0.1) is 0 Å². The molecule has 2 aromatic rings. The van der Waals surface area contributed by atoms with Crippen molar-refractivity contribution < 1.29 is 22.7 Å². The van der Waals surface area contributed by atoms with E-state index < -0.39 is 39.9 Å². The summed E-state index contributed by atoms with van der Waals surface area (Å²) in [6, 6.07) is 6.66. The Labute approximate surface area is 150 Å². The molecule has 2 saturated heterocycles. The standard InChI is InChI=1S/C17H18FN3O4S/c18-16-13-7-11(10-3-5-19-6-4-10)1-2-12(13)8-14(22)17(16)21-9-15(23)20-26(21,24)25/h1-2,7-8,10,19,22H,3-6,9H2,(H,20,23). The summed E-state index contributed by atoms with van der Waals surface area (Å²) in [6.45, 7) is 1.23. The van der Waals surface area contributed by atoms with Crippen molar-refractivity contribution in [2.75, 3.05) is 23.9 Å². The normalized spacial score (nSPS) is 20.5. The minimum absolute atomic E-state index is 0.225. The van der Waals surface area contributed by atoms with Gasteiger partial charge in [0, 0.05) is 5.39 Å². The molecule has 0 aliphatic carbocycles. The molecule has 2 heterocycles. The molecule has 0 unspecified atom stereocenters. The molecular weight excluding hydrogens is 361 g/mol. The molecule has 2 aliphatic rings. The van der Waals surface area contributed by atoms with Crippen LogP contribution in [-0.2, 0) is 15.0 Å². The molecule has 0 spiro atoms. The predicted molar refractivity (Wildman–Crippen MR) is 94.8 cm³/mol. The summed E-state index contributed by atoms with van der Waals surface area (Å²) in [5.41, 5.74) is 0.478. The Balaban J connectivity index is 1.85. The van der Waals surface area contributed by atoms with Crippen LogP contribution in [0.25, 0.3) is 10.8 Å². The minimum Gasteiger partial charge on any atom is -0.506 e. The lowest BCUT2D eigenvalue weighted by molar-refractivity contribution is -0.117. The Bertz CT molecular complexity index is 1000. The van der Waals surface area contributed by atoms with Gasteiger partial charge in [0.15, 0.2) is 5.82 Å². The number of anilines is 1. The third-order valence-corrected chi connectivity index (χ3v) is 6.31. The van der Waals surface area contributed by atoms with Gasteiger partial charge < -0.3 is 10.4 Å². The van der Waals surface area contributed by atoms with Crippen LogP contribution in [0.3, 0.4) is 0 Å². The second-order valence-corrected chi connectivity index (χ2v) is 8.20. The van der Waals surface area contributed by atoms with Crippen LogP contribution >= 0.6 is 0 Å². The first kappa shape index (κ1) is 17.0. The van der Waals surface area contributed by atoms with Gasteiger partial charge >= 0.3 is 10.2 Å². The maximum Gasteiger partial charge on any atom is 0.326 e. The Kier molecular flexibility index (Phi) is 4.00. The molecule has 3 N–H and O–H groups in total. The topological polar surface area (TPSA) is 98.7 Å². The number of amides is 1. The van der Waals surface area contributed by atoms with Gasteiger partial charge in [-0.15, -0.1) is 0 Å². The first-order chi connectivity index (χ1) is 12.4. The fourth-order valence-electron chi connectivity index (χ4n) is 3.64. The highest BCUT2D eigenvalue weighted by molar-refractivity contribution is 7.92. The van der Waals surface area contributed by atoms with Gasteiger partial charge in [-0.1, -0.05) is 12.1 Å². The first-order valence-corrected chi connectivity index (χ1v) is 9.80. The van der Waals surface area contributed by atoms with Gasteiger partial charge in [0.1, 0.15) is 18.0 Å². The molecule has 1 amide bonds. The van der Waals surface area contributed by atoms with E-state index in [0.29, 0.717) is 15.6 Å². The molecule has 7 nitrogen and oxygen atoms in total. The summed E-state index contributed by atoms with van der Waals surface area (Å²) >= 11 is 0. The second-order valence-electron chi connectivity index (χ2n) is 6.60. The number of hydrogen-bond acceptors (Lipinski definition) is 5. The number of phenols is 1. The number of nitrogens with zero attached hydrogens (tertiary/aromatic N) is 1. The number of aromatic hydroxyl groups is 1. The van der Waals surface area contributed by atoms with Crippen LogP contribution in [0.5, 0.6) is 5.75 Å². The minimum atomic E-state index is -4.21. The maximum absolute atomic E-state index is 15.2. The molecule has 2 aromatic carbocycles. The van der Waals surface area contributed by atoms with Crippen molar-refractivity contribution in [2.24, 2.45) is 0 Å². The molecule has 0 saturated carbocycles. The number of piperidine rings is 1. The summed E-state index contributed by atoms with van der Waals surface area (Å²) in [7, 11) is -4.21. The lowest BCUT2D eigenvalue weighted by Crippen LogP contribution is -2.30. The van der Waals surface area contributed by atoms with Gasteiger partial charge in [-0.2, -0.15) is 8.42 Å². The number of carbonyl (C=O) groups is 1. The molecule has 2 aliphatic heterocycles. The molecule has 0 radical (unpaired) electrons.